The highest BCUT2D eigenvalue weighted by Gasteiger charge is 2.24. The van der Waals surface area contributed by atoms with Crippen LogP contribution in [0.2, 0.25) is 0 Å². The molecule has 1 aromatic rings. The Bertz CT molecular complexity index is 491. The molecule has 1 aliphatic heterocycles. The molecular weight excluding hydrogens is 277 g/mol. The molecule has 2 rings (SSSR count). The molecular formula is C13H20FN5O2. The molecule has 0 aliphatic carbocycles. The standard InChI is InChI=1S/C13H20FN5O2/c1-3-21-13(20)19-6-4-9(5-7-19)17-11-10(14)8-16-12(15-2)18-11/h8-9H,3-7H2,1-2H3,(H2,15,16,17,18). The van der Waals surface area contributed by atoms with E-state index < -0.39 is 5.82 Å². The zero-order chi connectivity index (χ0) is 15.2. The van der Waals surface area contributed by atoms with Crippen molar-refractivity contribution in [2.45, 2.75) is 25.8 Å². The van der Waals surface area contributed by atoms with Crippen LogP contribution in [0.1, 0.15) is 19.8 Å². The van der Waals surface area contributed by atoms with Gasteiger partial charge in [0.2, 0.25) is 5.95 Å². The van der Waals surface area contributed by atoms with Gasteiger partial charge >= 0.3 is 6.09 Å². The van der Waals surface area contributed by atoms with Crippen molar-refractivity contribution in [1.29, 1.82) is 0 Å². The van der Waals surface area contributed by atoms with Gasteiger partial charge in [0.25, 0.3) is 0 Å². The Balaban J connectivity index is 1.90. The molecule has 1 saturated heterocycles. The van der Waals surface area contributed by atoms with Gasteiger partial charge in [-0.15, -0.1) is 0 Å². The van der Waals surface area contributed by atoms with E-state index in [9.17, 15) is 9.18 Å². The monoisotopic (exact) mass is 297 g/mol. The van der Waals surface area contributed by atoms with Crippen LogP contribution >= 0.6 is 0 Å². The maximum Gasteiger partial charge on any atom is 0.409 e. The summed E-state index contributed by atoms with van der Waals surface area (Å²) in [5, 5.41) is 5.84. The number of nitrogens with one attached hydrogen (secondary N) is 2. The average Bonchev–Trinajstić information content (AvgIpc) is 2.50. The molecule has 1 fully saturated rings. The molecule has 0 aromatic carbocycles. The minimum Gasteiger partial charge on any atom is -0.450 e. The van der Waals surface area contributed by atoms with Crippen LogP contribution in [-0.4, -0.2) is 53.7 Å². The van der Waals surface area contributed by atoms with Crippen LogP contribution in [0.25, 0.3) is 0 Å². The number of aromatic nitrogens is 2. The number of hydrogen-bond acceptors (Lipinski definition) is 6. The number of rotatable bonds is 4. The number of carbonyl (C=O) groups is 1. The van der Waals surface area contributed by atoms with E-state index in [0.717, 1.165) is 19.0 Å². The fourth-order valence-corrected chi connectivity index (χ4v) is 2.20. The molecule has 7 nitrogen and oxygen atoms in total. The van der Waals surface area contributed by atoms with Crippen molar-refractivity contribution in [2.75, 3.05) is 37.4 Å². The largest absolute Gasteiger partial charge is 0.450 e. The minimum atomic E-state index is -0.484. The number of piperidine rings is 1. The first kappa shape index (κ1) is 15.3. The van der Waals surface area contributed by atoms with Crippen molar-refractivity contribution < 1.29 is 13.9 Å². The first-order valence-corrected chi connectivity index (χ1v) is 7.02. The predicted octanol–water partition coefficient (Wildman–Crippen LogP) is 1.69. The number of nitrogens with zero attached hydrogens (tertiary/aromatic N) is 3. The fraction of sp³-hybridized carbons (Fsp3) is 0.615. The first-order chi connectivity index (χ1) is 10.1. The van der Waals surface area contributed by atoms with Gasteiger partial charge in [-0.05, 0) is 19.8 Å². The van der Waals surface area contributed by atoms with E-state index in [1.165, 1.54) is 0 Å². The van der Waals surface area contributed by atoms with E-state index in [-0.39, 0.29) is 18.0 Å². The summed E-state index contributed by atoms with van der Waals surface area (Å²) < 4.78 is 18.6. The van der Waals surface area contributed by atoms with Gasteiger partial charge in [-0.1, -0.05) is 0 Å². The lowest BCUT2D eigenvalue weighted by molar-refractivity contribution is 0.0983. The van der Waals surface area contributed by atoms with E-state index >= 15 is 0 Å². The summed E-state index contributed by atoms with van der Waals surface area (Å²) >= 11 is 0. The highest BCUT2D eigenvalue weighted by atomic mass is 19.1. The van der Waals surface area contributed by atoms with E-state index in [4.69, 9.17) is 4.74 Å². The molecule has 1 aliphatic rings. The molecule has 2 N–H and O–H groups in total. The van der Waals surface area contributed by atoms with Crippen LogP contribution in [0.3, 0.4) is 0 Å². The number of anilines is 2. The predicted molar refractivity (Wildman–Crippen MR) is 76.8 cm³/mol. The second-order valence-corrected chi connectivity index (χ2v) is 4.74. The van der Waals surface area contributed by atoms with Crippen LogP contribution in [-0.2, 0) is 4.74 Å². The van der Waals surface area contributed by atoms with Gasteiger partial charge in [-0.25, -0.2) is 14.2 Å². The molecule has 1 amide bonds. The molecule has 0 saturated carbocycles. The second-order valence-electron chi connectivity index (χ2n) is 4.74. The summed E-state index contributed by atoms with van der Waals surface area (Å²) in [7, 11) is 1.68. The highest BCUT2D eigenvalue weighted by molar-refractivity contribution is 5.67. The second kappa shape index (κ2) is 7.05. The molecule has 0 bridgehead atoms. The zero-order valence-electron chi connectivity index (χ0n) is 12.2. The summed E-state index contributed by atoms with van der Waals surface area (Å²) in [6, 6.07) is 0.0739. The lowest BCUT2D eigenvalue weighted by Crippen LogP contribution is -2.42. The number of likely N-dealkylation sites (tertiary alicyclic amines) is 1. The summed E-state index contributed by atoms with van der Waals surface area (Å²) in [6.45, 7) is 3.32. The number of carbonyl (C=O) groups excluding carboxylic acids is 1. The van der Waals surface area contributed by atoms with E-state index in [1.54, 1.807) is 18.9 Å². The molecule has 0 radical (unpaired) electrons. The lowest BCUT2D eigenvalue weighted by atomic mass is 10.1. The quantitative estimate of drug-likeness (QED) is 0.880. The molecule has 0 spiro atoms. The molecule has 1 aromatic heterocycles. The third kappa shape index (κ3) is 3.93. The van der Waals surface area contributed by atoms with Crippen LogP contribution in [0, 0.1) is 5.82 Å². The number of hydrogen-bond donors (Lipinski definition) is 2. The maximum atomic E-state index is 13.7. The third-order valence-electron chi connectivity index (χ3n) is 3.33. The van der Waals surface area contributed by atoms with Crippen molar-refractivity contribution in [3.63, 3.8) is 0 Å². The van der Waals surface area contributed by atoms with Crippen LogP contribution < -0.4 is 10.6 Å². The van der Waals surface area contributed by atoms with Gasteiger partial charge in [0.1, 0.15) is 0 Å². The summed E-state index contributed by atoms with van der Waals surface area (Å²) in [4.78, 5) is 21.1. The van der Waals surface area contributed by atoms with Gasteiger partial charge in [0.05, 0.1) is 12.8 Å². The maximum absolute atomic E-state index is 13.7. The Kier molecular flexibility index (Phi) is 5.13. The van der Waals surface area contributed by atoms with Crippen LogP contribution in [0.5, 0.6) is 0 Å². The molecule has 21 heavy (non-hydrogen) atoms. The molecule has 0 atom stereocenters. The Morgan fingerprint density at radius 2 is 2.24 bits per heavy atom. The lowest BCUT2D eigenvalue weighted by Gasteiger charge is -2.31. The van der Waals surface area contributed by atoms with E-state index in [1.807, 2.05) is 0 Å². The Morgan fingerprint density at radius 1 is 1.52 bits per heavy atom. The van der Waals surface area contributed by atoms with Gasteiger partial charge in [-0.2, -0.15) is 4.98 Å². The molecule has 8 heteroatoms. The van der Waals surface area contributed by atoms with Gasteiger partial charge in [-0.3, -0.25) is 0 Å². The number of ether oxygens (including phenoxy) is 1. The number of amides is 1. The van der Waals surface area contributed by atoms with Crippen molar-refractivity contribution >= 4 is 17.9 Å². The Hall–Kier alpha value is -2.12. The van der Waals surface area contributed by atoms with Crippen LogP contribution in [0.4, 0.5) is 21.0 Å². The smallest absolute Gasteiger partial charge is 0.409 e. The van der Waals surface area contributed by atoms with Crippen molar-refractivity contribution in [1.82, 2.24) is 14.9 Å². The SMILES string of the molecule is CCOC(=O)N1CCC(Nc2nc(NC)ncc2F)CC1. The van der Waals surface area contributed by atoms with E-state index in [2.05, 4.69) is 20.6 Å². The zero-order valence-corrected chi connectivity index (χ0v) is 12.2. The summed E-state index contributed by atoms with van der Waals surface area (Å²) in [6.07, 6.45) is 2.28. The minimum absolute atomic E-state index is 0.0739. The fourth-order valence-electron chi connectivity index (χ4n) is 2.20. The number of halogens is 1. The average molecular weight is 297 g/mol. The van der Waals surface area contributed by atoms with Crippen molar-refractivity contribution in [3.05, 3.63) is 12.0 Å². The van der Waals surface area contributed by atoms with Gasteiger partial charge in [0.15, 0.2) is 11.6 Å². The topological polar surface area (TPSA) is 79.4 Å². The summed E-state index contributed by atoms with van der Waals surface area (Å²) in [5.41, 5.74) is 0. The third-order valence-corrected chi connectivity index (χ3v) is 3.33. The van der Waals surface area contributed by atoms with Crippen molar-refractivity contribution in [3.8, 4) is 0 Å². The Labute approximate surface area is 122 Å². The van der Waals surface area contributed by atoms with E-state index in [0.29, 0.717) is 25.6 Å². The normalized spacial score (nSPS) is 15.7. The van der Waals surface area contributed by atoms with Crippen LogP contribution in [0.15, 0.2) is 6.20 Å². The van der Waals surface area contributed by atoms with Gasteiger partial charge in [0, 0.05) is 26.2 Å². The summed E-state index contributed by atoms with van der Waals surface area (Å²) in [5.74, 6) is 0.0635. The molecule has 116 valence electrons. The molecule has 2 heterocycles. The molecule has 0 unspecified atom stereocenters. The highest BCUT2D eigenvalue weighted by Crippen LogP contribution is 2.18. The van der Waals surface area contributed by atoms with Gasteiger partial charge < -0.3 is 20.3 Å². The first-order valence-electron chi connectivity index (χ1n) is 7.02. The Morgan fingerprint density at radius 3 is 2.86 bits per heavy atom. The van der Waals surface area contributed by atoms with Crippen molar-refractivity contribution in [2.24, 2.45) is 0 Å².